The summed E-state index contributed by atoms with van der Waals surface area (Å²) < 4.78 is 43.3. The van der Waals surface area contributed by atoms with E-state index in [-0.39, 0.29) is 12.7 Å². The largest absolute Gasteiger partial charge is 0.449 e. The Kier molecular flexibility index (Phi) is 5.86. The van der Waals surface area contributed by atoms with Crippen molar-refractivity contribution >= 4 is 6.09 Å². The molecule has 0 N–H and O–H groups in total. The second kappa shape index (κ2) is 8.10. The number of amides is 1. The van der Waals surface area contributed by atoms with Crippen LogP contribution in [0.15, 0.2) is 18.2 Å². The molecule has 138 valence electrons. The number of likely N-dealkylation sites (tertiary alicyclic amines) is 1. The second-order valence-electron chi connectivity index (χ2n) is 6.40. The Labute approximate surface area is 145 Å². The van der Waals surface area contributed by atoms with Crippen LogP contribution in [-0.4, -0.2) is 49.7 Å². The maximum atomic E-state index is 13.5. The predicted octanol–water partition coefficient (Wildman–Crippen LogP) is 3.26. The van der Waals surface area contributed by atoms with E-state index in [2.05, 4.69) is 0 Å². The van der Waals surface area contributed by atoms with Crippen LogP contribution in [-0.2, 0) is 20.6 Å². The molecular formula is C18H23F2NO4. The molecule has 2 aliphatic rings. The van der Waals surface area contributed by atoms with Gasteiger partial charge in [-0.05, 0) is 43.0 Å². The van der Waals surface area contributed by atoms with E-state index in [9.17, 15) is 13.6 Å². The molecule has 0 unspecified atom stereocenters. The van der Waals surface area contributed by atoms with E-state index in [4.69, 9.17) is 14.2 Å². The average molecular weight is 355 g/mol. The van der Waals surface area contributed by atoms with Crippen LogP contribution in [0.3, 0.4) is 0 Å². The van der Waals surface area contributed by atoms with Crippen LogP contribution < -0.4 is 0 Å². The summed E-state index contributed by atoms with van der Waals surface area (Å²) in [7, 11) is 0. The maximum absolute atomic E-state index is 13.5. The van der Waals surface area contributed by atoms with E-state index < -0.39 is 17.4 Å². The molecule has 2 fully saturated rings. The SMILES string of the molecule is O=C(OCCCc1cc(F)ccc1F)N1CCC2(CC1)OCCCO2. The van der Waals surface area contributed by atoms with E-state index in [0.29, 0.717) is 57.6 Å². The third kappa shape index (κ3) is 4.67. The molecule has 2 saturated heterocycles. The van der Waals surface area contributed by atoms with Gasteiger partial charge in [-0.15, -0.1) is 0 Å². The van der Waals surface area contributed by atoms with Crippen molar-refractivity contribution in [3.8, 4) is 0 Å². The molecule has 1 aromatic carbocycles. The Hall–Kier alpha value is -1.73. The van der Waals surface area contributed by atoms with Gasteiger partial charge in [-0.2, -0.15) is 0 Å². The summed E-state index contributed by atoms with van der Waals surface area (Å²) in [5, 5.41) is 0. The van der Waals surface area contributed by atoms with Crippen molar-refractivity contribution in [3.05, 3.63) is 35.4 Å². The lowest BCUT2D eigenvalue weighted by molar-refractivity contribution is -0.282. The van der Waals surface area contributed by atoms with Crippen molar-refractivity contribution in [2.75, 3.05) is 32.9 Å². The number of piperidine rings is 1. The highest BCUT2D eigenvalue weighted by molar-refractivity contribution is 5.67. The van der Waals surface area contributed by atoms with E-state index >= 15 is 0 Å². The van der Waals surface area contributed by atoms with Crippen LogP contribution in [0, 0.1) is 11.6 Å². The molecule has 5 nitrogen and oxygen atoms in total. The van der Waals surface area contributed by atoms with Gasteiger partial charge in [-0.25, -0.2) is 13.6 Å². The predicted molar refractivity (Wildman–Crippen MR) is 86.1 cm³/mol. The Bertz CT molecular complexity index is 595. The lowest BCUT2D eigenvalue weighted by atomic mass is 10.0. The highest BCUT2D eigenvalue weighted by atomic mass is 19.1. The van der Waals surface area contributed by atoms with Gasteiger partial charge < -0.3 is 19.1 Å². The van der Waals surface area contributed by atoms with Crippen LogP contribution in [0.25, 0.3) is 0 Å². The number of carbonyl (C=O) groups is 1. The molecule has 1 spiro atoms. The van der Waals surface area contributed by atoms with E-state index in [1.807, 2.05) is 0 Å². The van der Waals surface area contributed by atoms with Crippen LogP contribution in [0.1, 0.15) is 31.2 Å². The summed E-state index contributed by atoms with van der Waals surface area (Å²) in [6.07, 6.45) is 2.55. The minimum absolute atomic E-state index is 0.170. The zero-order valence-electron chi connectivity index (χ0n) is 14.1. The Balaban J connectivity index is 1.38. The first kappa shape index (κ1) is 18.1. The molecule has 3 rings (SSSR count). The molecule has 0 radical (unpaired) electrons. The van der Waals surface area contributed by atoms with Gasteiger partial charge in [0.1, 0.15) is 11.6 Å². The van der Waals surface area contributed by atoms with Gasteiger partial charge in [0.25, 0.3) is 0 Å². The van der Waals surface area contributed by atoms with Crippen molar-refractivity contribution in [2.45, 2.75) is 37.9 Å². The molecule has 1 aromatic rings. The molecule has 0 bridgehead atoms. The topological polar surface area (TPSA) is 48.0 Å². The normalized spacial score (nSPS) is 19.8. The molecule has 7 heteroatoms. The first-order valence-electron chi connectivity index (χ1n) is 8.72. The van der Waals surface area contributed by atoms with E-state index in [0.717, 1.165) is 18.6 Å². The van der Waals surface area contributed by atoms with Gasteiger partial charge in [-0.1, -0.05) is 0 Å². The zero-order valence-corrected chi connectivity index (χ0v) is 14.1. The fourth-order valence-corrected chi connectivity index (χ4v) is 3.18. The number of aryl methyl sites for hydroxylation is 1. The summed E-state index contributed by atoms with van der Waals surface area (Å²) in [4.78, 5) is 13.7. The number of carbonyl (C=O) groups excluding carboxylic acids is 1. The molecular weight excluding hydrogens is 332 g/mol. The first-order valence-corrected chi connectivity index (χ1v) is 8.72. The first-order chi connectivity index (χ1) is 12.1. The third-order valence-corrected chi connectivity index (χ3v) is 4.63. The molecule has 25 heavy (non-hydrogen) atoms. The van der Waals surface area contributed by atoms with Gasteiger partial charge in [-0.3, -0.25) is 0 Å². The Morgan fingerprint density at radius 2 is 1.92 bits per heavy atom. The van der Waals surface area contributed by atoms with E-state index in [1.165, 1.54) is 6.07 Å². The van der Waals surface area contributed by atoms with Gasteiger partial charge in [0.05, 0.1) is 19.8 Å². The zero-order chi connectivity index (χ0) is 17.7. The summed E-state index contributed by atoms with van der Waals surface area (Å²) in [6, 6.07) is 3.36. The van der Waals surface area contributed by atoms with Crippen molar-refractivity contribution < 1.29 is 27.8 Å². The molecule has 0 aliphatic carbocycles. The molecule has 0 aromatic heterocycles. The van der Waals surface area contributed by atoms with E-state index in [1.54, 1.807) is 4.90 Å². The average Bonchev–Trinajstić information content (AvgIpc) is 2.62. The van der Waals surface area contributed by atoms with Crippen LogP contribution in [0.2, 0.25) is 0 Å². The van der Waals surface area contributed by atoms with Crippen molar-refractivity contribution in [1.82, 2.24) is 4.90 Å². The van der Waals surface area contributed by atoms with Gasteiger partial charge in [0.15, 0.2) is 5.79 Å². The van der Waals surface area contributed by atoms with Crippen LogP contribution in [0.5, 0.6) is 0 Å². The fraction of sp³-hybridized carbons (Fsp3) is 0.611. The van der Waals surface area contributed by atoms with Gasteiger partial charge >= 0.3 is 6.09 Å². The molecule has 0 atom stereocenters. The highest BCUT2D eigenvalue weighted by Crippen LogP contribution is 2.30. The van der Waals surface area contributed by atoms with Crippen LogP contribution in [0.4, 0.5) is 13.6 Å². The lowest BCUT2D eigenvalue weighted by Gasteiger charge is -2.42. The minimum Gasteiger partial charge on any atom is -0.449 e. The molecule has 2 heterocycles. The quantitative estimate of drug-likeness (QED) is 0.778. The van der Waals surface area contributed by atoms with Crippen LogP contribution >= 0.6 is 0 Å². The summed E-state index contributed by atoms with van der Waals surface area (Å²) in [6.45, 7) is 2.61. The third-order valence-electron chi connectivity index (χ3n) is 4.63. The number of hydrogen-bond acceptors (Lipinski definition) is 4. The number of benzene rings is 1. The summed E-state index contributed by atoms with van der Waals surface area (Å²) in [5.41, 5.74) is 0.294. The van der Waals surface area contributed by atoms with Gasteiger partial charge in [0.2, 0.25) is 0 Å². The Morgan fingerprint density at radius 1 is 1.20 bits per heavy atom. The molecule has 1 amide bonds. The van der Waals surface area contributed by atoms with Crippen molar-refractivity contribution in [1.29, 1.82) is 0 Å². The number of ether oxygens (including phenoxy) is 3. The van der Waals surface area contributed by atoms with Gasteiger partial charge in [0, 0.05) is 25.9 Å². The number of halogens is 2. The minimum atomic E-state index is -0.538. The monoisotopic (exact) mass is 355 g/mol. The number of rotatable bonds is 4. The molecule has 0 saturated carbocycles. The lowest BCUT2D eigenvalue weighted by Crippen LogP contribution is -2.51. The number of nitrogens with zero attached hydrogens (tertiary/aromatic N) is 1. The highest BCUT2D eigenvalue weighted by Gasteiger charge is 2.39. The smallest absolute Gasteiger partial charge is 0.409 e. The van der Waals surface area contributed by atoms with Crippen molar-refractivity contribution in [3.63, 3.8) is 0 Å². The molecule has 2 aliphatic heterocycles. The second-order valence-corrected chi connectivity index (χ2v) is 6.40. The summed E-state index contributed by atoms with van der Waals surface area (Å²) >= 11 is 0. The standard InChI is InChI=1S/C18H23F2NO4/c19-15-4-5-16(20)14(13-15)3-1-10-23-17(22)21-8-6-18(7-9-21)24-11-2-12-25-18/h4-5,13H,1-3,6-12H2. The van der Waals surface area contributed by atoms with Crippen molar-refractivity contribution in [2.24, 2.45) is 0 Å². The number of hydrogen-bond donors (Lipinski definition) is 0. The maximum Gasteiger partial charge on any atom is 0.409 e. The Morgan fingerprint density at radius 3 is 2.64 bits per heavy atom. The summed E-state index contributed by atoms with van der Waals surface area (Å²) in [5.74, 6) is -1.45. The fourth-order valence-electron chi connectivity index (χ4n) is 3.18.